The zero-order valence-electron chi connectivity index (χ0n) is 8.72. The Labute approximate surface area is 89.0 Å². The molecule has 2 aliphatic rings. The van der Waals surface area contributed by atoms with Gasteiger partial charge in [0.25, 0.3) is 5.91 Å². The SMILES string of the molecule is O=C(C1COCCO1)N1CCCC(O)C1. The first-order chi connectivity index (χ1) is 7.27. The zero-order valence-corrected chi connectivity index (χ0v) is 8.72. The second kappa shape index (κ2) is 4.92. The first kappa shape index (κ1) is 10.9. The molecule has 2 saturated heterocycles. The number of aliphatic hydroxyl groups is 1. The molecular formula is C10H17NO4. The fraction of sp³-hybridized carbons (Fsp3) is 0.900. The third-order valence-electron chi connectivity index (χ3n) is 2.80. The molecule has 0 aromatic heterocycles. The van der Waals surface area contributed by atoms with Crippen LogP contribution in [-0.2, 0) is 14.3 Å². The van der Waals surface area contributed by atoms with Crippen molar-refractivity contribution in [2.75, 3.05) is 32.9 Å². The van der Waals surface area contributed by atoms with E-state index in [1.165, 1.54) is 0 Å². The van der Waals surface area contributed by atoms with Crippen LogP contribution in [0.5, 0.6) is 0 Å². The minimum Gasteiger partial charge on any atom is -0.391 e. The molecule has 1 N–H and O–H groups in total. The number of amides is 1. The summed E-state index contributed by atoms with van der Waals surface area (Å²) in [4.78, 5) is 13.6. The summed E-state index contributed by atoms with van der Waals surface area (Å²) >= 11 is 0. The predicted octanol–water partition coefficient (Wildman–Crippen LogP) is -0.615. The van der Waals surface area contributed by atoms with Crippen molar-refractivity contribution < 1.29 is 19.4 Å². The minimum absolute atomic E-state index is 0.0477. The lowest BCUT2D eigenvalue weighted by Crippen LogP contribution is -2.50. The van der Waals surface area contributed by atoms with Crippen LogP contribution in [0.15, 0.2) is 0 Å². The highest BCUT2D eigenvalue weighted by Gasteiger charge is 2.30. The summed E-state index contributed by atoms with van der Waals surface area (Å²) < 4.78 is 10.5. The van der Waals surface area contributed by atoms with Crippen molar-refractivity contribution in [3.05, 3.63) is 0 Å². The molecule has 0 saturated carbocycles. The van der Waals surface area contributed by atoms with Gasteiger partial charge < -0.3 is 19.5 Å². The van der Waals surface area contributed by atoms with Crippen molar-refractivity contribution in [3.8, 4) is 0 Å². The lowest BCUT2D eigenvalue weighted by Gasteiger charge is -2.33. The Kier molecular flexibility index (Phi) is 3.56. The van der Waals surface area contributed by atoms with E-state index in [0.717, 1.165) is 19.4 Å². The van der Waals surface area contributed by atoms with Crippen LogP contribution in [0.2, 0.25) is 0 Å². The molecule has 86 valence electrons. The van der Waals surface area contributed by atoms with Crippen molar-refractivity contribution in [2.24, 2.45) is 0 Å². The molecule has 0 aliphatic carbocycles. The standard InChI is InChI=1S/C10H17NO4/c12-8-2-1-3-11(6-8)10(13)9-7-14-4-5-15-9/h8-9,12H,1-7H2. The maximum absolute atomic E-state index is 11.9. The van der Waals surface area contributed by atoms with Crippen molar-refractivity contribution in [2.45, 2.75) is 25.0 Å². The average Bonchev–Trinajstić information content (AvgIpc) is 2.29. The van der Waals surface area contributed by atoms with E-state index in [2.05, 4.69) is 0 Å². The Morgan fingerprint density at radius 2 is 2.27 bits per heavy atom. The van der Waals surface area contributed by atoms with Crippen LogP contribution in [-0.4, -0.2) is 61.0 Å². The van der Waals surface area contributed by atoms with E-state index in [-0.39, 0.29) is 12.0 Å². The predicted molar refractivity (Wildman–Crippen MR) is 52.4 cm³/mol. The number of hydrogen-bond acceptors (Lipinski definition) is 4. The molecule has 2 rings (SSSR count). The van der Waals surface area contributed by atoms with Gasteiger partial charge in [0.15, 0.2) is 6.10 Å². The van der Waals surface area contributed by atoms with E-state index in [9.17, 15) is 9.90 Å². The topological polar surface area (TPSA) is 59.0 Å². The van der Waals surface area contributed by atoms with E-state index in [1.54, 1.807) is 4.90 Å². The lowest BCUT2D eigenvalue weighted by molar-refractivity contribution is -0.160. The first-order valence-electron chi connectivity index (χ1n) is 5.43. The van der Waals surface area contributed by atoms with E-state index < -0.39 is 6.10 Å². The quantitative estimate of drug-likeness (QED) is 0.633. The summed E-state index contributed by atoms with van der Waals surface area (Å²) in [7, 11) is 0. The van der Waals surface area contributed by atoms with Gasteiger partial charge in [-0.15, -0.1) is 0 Å². The van der Waals surface area contributed by atoms with Gasteiger partial charge in [-0.3, -0.25) is 4.79 Å². The van der Waals surface area contributed by atoms with Gasteiger partial charge in [0.2, 0.25) is 0 Å². The fourth-order valence-electron chi connectivity index (χ4n) is 1.99. The van der Waals surface area contributed by atoms with Crippen molar-refractivity contribution in [1.82, 2.24) is 4.90 Å². The van der Waals surface area contributed by atoms with Gasteiger partial charge in [-0.05, 0) is 12.8 Å². The molecule has 5 nitrogen and oxygen atoms in total. The Bertz CT molecular complexity index is 227. The van der Waals surface area contributed by atoms with Crippen LogP contribution in [0.3, 0.4) is 0 Å². The number of carbonyl (C=O) groups is 1. The third kappa shape index (κ3) is 2.68. The van der Waals surface area contributed by atoms with Gasteiger partial charge >= 0.3 is 0 Å². The number of nitrogens with zero attached hydrogens (tertiary/aromatic N) is 1. The smallest absolute Gasteiger partial charge is 0.254 e. The van der Waals surface area contributed by atoms with E-state index in [0.29, 0.717) is 26.4 Å². The van der Waals surface area contributed by atoms with Crippen LogP contribution in [0.25, 0.3) is 0 Å². The normalized spacial score (nSPS) is 32.7. The number of rotatable bonds is 1. The van der Waals surface area contributed by atoms with Crippen molar-refractivity contribution >= 4 is 5.91 Å². The molecule has 0 aromatic rings. The van der Waals surface area contributed by atoms with Crippen LogP contribution in [0.1, 0.15) is 12.8 Å². The van der Waals surface area contributed by atoms with Crippen molar-refractivity contribution in [1.29, 1.82) is 0 Å². The van der Waals surface area contributed by atoms with Crippen LogP contribution in [0, 0.1) is 0 Å². The number of aliphatic hydroxyl groups excluding tert-OH is 1. The molecule has 2 aliphatic heterocycles. The minimum atomic E-state index is -0.468. The van der Waals surface area contributed by atoms with E-state index >= 15 is 0 Å². The van der Waals surface area contributed by atoms with E-state index in [1.807, 2.05) is 0 Å². The maximum atomic E-state index is 11.9. The number of hydrogen-bond donors (Lipinski definition) is 1. The highest BCUT2D eigenvalue weighted by atomic mass is 16.6. The van der Waals surface area contributed by atoms with Gasteiger partial charge in [0, 0.05) is 13.1 Å². The first-order valence-corrected chi connectivity index (χ1v) is 5.43. The molecule has 2 heterocycles. The lowest BCUT2D eigenvalue weighted by atomic mass is 10.1. The number of β-amino-alcohol motifs (C(OH)–C–C–N with tert-alkyl or cyclic N) is 1. The summed E-state index contributed by atoms with van der Waals surface area (Å²) in [5, 5.41) is 9.46. The van der Waals surface area contributed by atoms with Crippen LogP contribution in [0.4, 0.5) is 0 Å². The van der Waals surface area contributed by atoms with Crippen LogP contribution < -0.4 is 0 Å². The van der Waals surface area contributed by atoms with Crippen LogP contribution >= 0.6 is 0 Å². The summed E-state index contributed by atoms with van der Waals surface area (Å²) in [6.07, 6.45) is 0.794. The zero-order chi connectivity index (χ0) is 10.7. The number of ether oxygens (including phenoxy) is 2. The number of carbonyl (C=O) groups excluding carboxylic acids is 1. The summed E-state index contributed by atoms with van der Waals surface area (Å²) in [5.74, 6) is -0.0477. The second-order valence-corrected chi connectivity index (χ2v) is 4.01. The largest absolute Gasteiger partial charge is 0.391 e. The molecule has 0 radical (unpaired) electrons. The second-order valence-electron chi connectivity index (χ2n) is 4.01. The molecule has 2 unspecified atom stereocenters. The molecule has 1 amide bonds. The van der Waals surface area contributed by atoms with Crippen molar-refractivity contribution in [3.63, 3.8) is 0 Å². The summed E-state index contributed by atoms with van der Waals surface area (Å²) in [5.41, 5.74) is 0. The Morgan fingerprint density at radius 1 is 1.40 bits per heavy atom. The fourth-order valence-corrected chi connectivity index (χ4v) is 1.99. The number of likely N-dealkylation sites (tertiary alicyclic amines) is 1. The Hall–Kier alpha value is -0.650. The molecule has 2 fully saturated rings. The van der Waals surface area contributed by atoms with Gasteiger partial charge in [-0.1, -0.05) is 0 Å². The van der Waals surface area contributed by atoms with Gasteiger partial charge in [0.1, 0.15) is 0 Å². The monoisotopic (exact) mass is 215 g/mol. The average molecular weight is 215 g/mol. The van der Waals surface area contributed by atoms with E-state index in [4.69, 9.17) is 9.47 Å². The van der Waals surface area contributed by atoms with Gasteiger partial charge in [-0.2, -0.15) is 0 Å². The van der Waals surface area contributed by atoms with Gasteiger partial charge in [0.05, 0.1) is 25.9 Å². The highest BCUT2D eigenvalue weighted by molar-refractivity contribution is 5.81. The number of piperidine rings is 1. The Balaban J connectivity index is 1.88. The maximum Gasteiger partial charge on any atom is 0.254 e. The third-order valence-corrected chi connectivity index (χ3v) is 2.80. The summed E-state index contributed by atoms with van der Waals surface area (Å²) in [6.45, 7) is 2.53. The molecule has 0 spiro atoms. The Morgan fingerprint density at radius 3 is 2.93 bits per heavy atom. The molecular weight excluding hydrogens is 198 g/mol. The molecule has 0 bridgehead atoms. The molecule has 15 heavy (non-hydrogen) atoms. The molecule has 5 heteroatoms. The molecule has 2 atom stereocenters. The highest BCUT2D eigenvalue weighted by Crippen LogP contribution is 2.13. The molecule has 0 aromatic carbocycles. The summed E-state index contributed by atoms with van der Waals surface area (Å²) in [6, 6.07) is 0. The van der Waals surface area contributed by atoms with Gasteiger partial charge in [-0.25, -0.2) is 0 Å².